The molecular weight excluding hydrogens is 626 g/mol. The number of methoxy groups -OCH3 is 2. The van der Waals surface area contributed by atoms with Crippen LogP contribution < -0.4 is 29.1 Å². The van der Waals surface area contributed by atoms with Gasteiger partial charge >= 0.3 is 5.97 Å². The Balaban J connectivity index is 1.62. The molecule has 1 atom stereocenters. The average molecular weight is 658 g/mol. The van der Waals surface area contributed by atoms with Crippen LogP contribution in [0.1, 0.15) is 55.0 Å². The fraction of sp³-hybridized carbons (Fsp3) is 0.257. The number of hydrogen-bond donors (Lipinski definition) is 0. The van der Waals surface area contributed by atoms with Crippen LogP contribution >= 0.6 is 22.9 Å². The predicted molar refractivity (Wildman–Crippen MR) is 176 cm³/mol. The SMILES string of the molecule is CCCC1=C(C(=O)OCC)[C@H](c2cc(Cl)ccc2OC)n2c(s/c(=C/c3ccc(OCc4ccccc4C#N)c(OC)c3)c2=O)=N1. The normalized spacial score (nSPS) is 14.3. The molecule has 0 N–H and O–H groups in total. The molecular formula is C35H32ClN3O6S. The van der Waals surface area contributed by atoms with Crippen LogP contribution in [0.15, 0.2) is 81.7 Å². The molecule has 0 bridgehead atoms. The molecule has 5 rings (SSSR count). The second-order valence-electron chi connectivity index (χ2n) is 10.3. The number of carbonyl (C=O) groups is 1. The molecule has 0 spiro atoms. The van der Waals surface area contributed by atoms with Crippen LogP contribution in [0.5, 0.6) is 17.2 Å². The van der Waals surface area contributed by atoms with E-state index in [0.717, 1.165) is 12.0 Å². The van der Waals surface area contributed by atoms with Gasteiger partial charge in [-0.15, -0.1) is 0 Å². The molecule has 0 radical (unpaired) electrons. The van der Waals surface area contributed by atoms with Gasteiger partial charge in [-0.05, 0) is 61.4 Å². The highest BCUT2D eigenvalue weighted by molar-refractivity contribution is 7.07. The van der Waals surface area contributed by atoms with Crippen molar-refractivity contribution in [3.8, 4) is 23.3 Å². The van der Waals surface area contributed by atoms with E-state index in [1.165, 1.54) is 30.1 Å². The molecule has 0 amide bonds. The standard InChI is InChI=1S/C35H32ClN3O6S/c1-5-9-26-31(34(41)44-6-2)32(25-18-24(36)13-15-27(25)42-3)39-33(40)30(46-35(39)38-26)17-21-12-14-28(29(16-21)43-4)45-20-23-11-8-7-10-22(23)19-37/h7-8,10-18,32H,5-6,9,20H2,1-4H3/b30-17+/t32-/m0/s1. The maximum Gasteiger partial charge on any atom is 0.338 e. The van der Waals surface area contributed by atoms with Gasteiger partial charge in [0.1, 0.15) is 18.4 Å². The van der Waals surface area contributed by atoms with Crippen molar-refractivity contribution in [1.29, 1.82) is 5.26 Å². The molecule has 2 heterocycles. The van der Waals surface area contributed by atoms with Crippen LogP contribution in [0.2, 0.25) is 5.02 Å². The van der Waals surface area contributed by atoms with Gasteiger partial charge in [0, 0.05) is 16.1 Å². The van der Waals surface area contributed by atoms with Crippen LogP contribution in [0, 0.1) is 11.3 Å². The maximum atomic E-state index is 14.2. The van der Waals surface area contributed by atoms with E-state index in [4.69, 9.17) is 35.5 Å². The summed E-state index contributed by atoms with van der Waals surface area (Å²) in [6.07, 6.45) is 2.99. The highest BCUT2D eigenvalue weighted by Crippen LogP contribution is 2.38. The van der Waals surface area contributed by atoms with Crippen LogP contribution in [0.25, 0.3) is 6.08 Å². The molecule has 11 heteroatoms. The third-order valence-corrected chi connectivity index (χ3v) is 8.60. The van der Waals surface area contributed by atoms with Gasteiger partial charge < -0.3 is 18.9 Å². The van der Waals surface area contributed by atoms with Crippen LogP contribution in [0.3, 0.4) is 0 Å². The van der Waals surface area contributed by atoms with E-state index < -0.39 is 12.0 Å². The first-order valence-corrected chi connectivity index (χ1v) is 15.9. The van der Waals surface area contributed by atoms with E-state index in [1.807, 2.05) is 25.1 Å². The Labute approximate surface area is 275 Å². The van der Waals surface area contributed by atoms with E-state index in [2.05, 4.69) is 6.07 Å². The van der Waals surface area contributed by atoms with Gasteiger partial charge in [-0.1, -0.05) is 60.5 Å². The van der Waals surface area contributed by atoms with Gasteiger partial charge in [-0.25, -0.2) is 9.79 Å². The number of nitrogens with zero attached hydrogens (tertiary/aromatic N) is 3. The number of esters is 1. The molecule has 0 aliphatic carbocycles. The first kappa shape index (κ1) is 32.5. The minimum atomic E-state index is -0.866. The molecule has 0 saturated carbocycles. The largest absolute Gasteiger partial charge is 0.496 e. The number of aromatic nitrogens is 1. The number of fused-ring (bicyclic) bond motifs is 1. The van der Waals surface area contributed by atoms with Gasteiger partial charge in [0.2, 0.25) is 0 Å². The van der Waals surface area contributed by atoms with E-state index >= 15 is 0 Å². The number of allylic oxidation sites excluding steroid dienone is 1. The number of rotatable bonds is 11. The summed E-state index contributed by atoms with van der Waals surface area (Å²) in [7, 11) is 3.06. The zero-order valence-electron chi connectivity index (χ0n) is 25.8. The lowest BCUT2D eigenvalue weighted by Gasteiger charge is -2.27. The van der Waals surface area contributed by atoms with Crippen LogP contribution in [-0.4, -0.2) is 31.4 Å². The first-order valence-electron chi connectivity index (χ1n) is 14.7. The average Bonchev–Trinajstić information content (AvgIpc) is 3.37. The van der Waals surface area contributed by atoms with E-state index in [0.29, 0.717) is 60.4 Å². The molecule has 3 aromatic carbocycles. The number of carbonyl (C=O) groups excluding carboxylic acids is 1. The lowest BCUT2D eigenvalue weighted by atomic mass is 9.93. The number of nitriles is 1. The zero-order valence-corrected chi connectivity index (χ0v) is 27.4. The number of ether oxygens (including phenoxy) is 4. The quantitative estimate of drug-likeness (QED) is 0.190. The van der Waals surface area contributed by atoms with Crippen LogP contribution in [-0.2, 0) is 16.1 Å². The smallest absolute Gasteiger partial charge is 0.338 e. The second-order valence-corrected chi connectivity index (χ2v) is 11.7. The van der Waals surface area contributed by atoms with Crippen molar-refractivity contribution in [3.63, 3.8) is 0 Å². The minimum Gasteiger partial charge on any atom is -0.496 e. The Morgan fingerprint density at radius 3 is 2.54 bits per heavy atom. The van der Waals surface area contributed by atoms with Gasteiger partial charge in [0.05, 0.1) is 48.3 Å². The van der Waals surface area contributed by atoms with Gasteiger partial charge in [0.25, 0.3) is 5.56 Å². The van der Waals surface area contributed by atoms with Crippen molar-refractivity contribution in [3.05, 3.63) is 119 Å². The van der Waals surface area contributed by atoms with Crippen molar-refractivity contribution in [2.45, 2.75) is 39.3 Å². The maximum absolute atomic E-state index is 14.2. The summed E-state index contributed by atoms with van der Waals surface area (Å²) in [4.78, 5) is 32.9. The van der Waals surface area contributed by atoms with Crippen molar-refractivity contribution in [2.24, 2.45) is 4.99 Å². The van der Waals surface area contributed by atoms with Crippen molar-refractivity contribution in [2.75, 3.05) is 20.8 Å². The zero-order chi connectivity index (χ0) is 32.8. The minimum absolute atomic E-state index is 0.165. The van der Waals surface area contributed by atoms with Crippen molar-refractivity contribution in [1.82, 2.24) is 4.57 Å². The summed E-state index contributed by atoms with van der Waals surface area (Å²) in [6, 6.07) is 19.0. The lowest BCUT2D eigenvalue weighted by Crippen LogP contribution is -2.40. The van der Waals surface area contributed by atoms with Gasteiger partial charge in [-0.2, -0.15) is 5.26 Å². The van der Waals surface area contributed by atoms with Gasteiger partial charge in [0.15, 0.2) is 16.3 Å². The summed E-state index contributed by atoms with van der Waals surface area (Å²) in [5.41, 5.74) is 3.05. The Bertz CT molecular complexity index is 2040. The van der Waals surface area contributed by atoms with Crippen molar-refractivity contribution >= 4 is 35.0 Å². The highest BCUT2D eigenvalue weighted by atomic mass is 35.5. The molecule has 0 saturated heterocycles. The Kier molecular flexibility index (Phi) is 10.3. The predicted octanol–water partition coefficient (Wildman–Crippen LogP) is 5.70. The molecule has 0 fully saturated rings. The molecule has 1 aromatic heterocycles. The van der Waals surface area contributed by atoms with E-state index in [-0.39, 0.29) is 24.3 Å². The summed E-state index contributed by atoms with van der Waals surface area (Å²) >= 11 is 7.66. The third kappa shape index (κ3) is 6.57. The third-order valence-electron chi connectivity index (χ3n) is 7.38. The van der Waals surface area contributed by atoms with Gasteiger partial charge in [-0.3, -0.25) is 9.36 Å². The first-order chi connectivity index (χ1) is 22.3. The summed E-state index contributed by atoms with van der Waals surface area (Å²) in [5, 5.41) is 9.83. The molecule has 0 unspecified atom stereocenters. The monoisotopic (exact) mass is 657 g/mol. The number of halogens is 1. The molecule has 9 nitrogen and oxygen atoms in total. The summed E-state index contributed by atoms with van der Waals surface area (Å²) in [6.45, 7) is 4.09. The number of thiazole rings is 1. The van der Waals surface area contributed by atoms with Crippen LogP contribution in [0.4, 0.5) is 0 Å². The lowest BCUT2D eigenvalue weighted by molar-refractivity contribution is -0.139. The highest BCUT2D eigenvalue weighted by Gasteiger charge is 2.36. The molecule has 1 aliphatic rings. The van der Waals surface area contributed by atoms with E-state index in [9.17, 15) is 14.9 Å². The summed E-state index contributed by atoms with van der Waals surface area (Å²) in [5.74, 6) is 0.882. The molecule has 1 aliphatic heterocycles. The Morgan fingerprint density at radius 2 is 1.83 bits per heavy atom. The topological polar surface area (TPSA) is 112 Å². The fourth-order valence-corrected chi connectivity index (χ4v) is 6.49. The number of benzene rings is 3. The summed E-state index contributed by atoms with van der Waals surface area (Å²) < 4.78 is 24.7. The second kappa shape index (κ2) is 14.5. The Morgan fingerprint density at radius 1 is 1.07 bits per heavy atom. The molecule has 236 valence electrons. The Hall–Kier alpha value is -4.85. The van der Waals surface area contributed by atoms with E-state index in [1.54, 1.807) is 55.5 Å². The van der Waals surface area contributed by atoms with Crippen molar-refractivity contribution < 1.29 is 23.7 Å². The fourth-order valence-electron chi connectivity index (χ4n) is 5.29. The number of hydrogen-bond acceptors (Lipinski definition) is 9. The molecule has 46 heavy (non-hydrogen) atoms. The molecule has 4 aromatic rings.